The lowest BCUT2D eigenvalue weighted by Gasteiger charge is -2.12. The van der Waals surface area contributed by atoms with Gasteiger partial charge in [0.1, 0.15) is 0 Å². The van der Waals surface area contributed by atoms with Crippen LogP contribution in [0, 0.1) is 0 Å². The maximum absolute atomic E-state index is 6.28. The van der Waals surface area contributed by atoms with Crippen LogP contribution in [0.5, 0.6) is 0 Å². The molecule has 0 amide bonds. The smallest absolute Gasteiger partial charge is 0.0563 e. The van der Waals surface area contributed by atoms with Crippen LogP contribution in [0.25, 0.3) is 21.9 Å². The van der Waals surface area contributed by atoms with Gasteiger partial charge in [0.15, 0.2) is 0 Å². The Kier molecular flexibility index (Phi) is 3.27. The molecule has 0 nitrogen and oxygen atoms in total. The molecule has 0 spiro atoms. The lowest BCUT2D eigenvalue weighted by atomic mass is 9.96. The van der Waals surface area contributed by atoms with E-state index in [4.69, 9.17) is 11.6 Å². The summed E-state index contributed by atoms with van der Waals surface area (Å²) in [6.45, 7) is 2.02. The monoisotopic (exact) mass is 266 g/mol. The van der Waals surface area contributed by atoms with Crippen LogP contribution in [0.4, 0.5) is 0 Å². The number of alkyl halides is 1. The van der Waals surface area contributed by atoms with Crippen LogP contribution in [-0.4, -0.2) is 0 Å². The summed E-state index contributed by atoms with van der Waals surface area (Å²) >= 11 is 6.28. The van der Waals surface area contributed by atoms with Crippen LogP contribution >= 0.6 is 11.6 Å². The summed E-state index contributed by atoms with van der Waals surface area (Å²) in [7, 11) is 0. The number of rotatable bonds is 2. The zero-order chi connectivity index (χ0) is 13.2. The number of halogens is 1. The molecule has 0 fully saturated rings. The maximum Gasteiger partial charge on any atom is 0.0563 e. The van der Waals surface area contributed by atoms with Crippen molar-refractivity contribution in [2.75, 3.05) is 0 Å². The van der Waals surface area contributed by atoms with E-state index in [0.717, 1.165) is 0 Å². The van der Waals surface area contributed by atoms with Crippen molar-refractivity contribution in [1.29, 1.82) is 0 Å². The van der Waals surface area contributed by atoms with E-state index in [-0.39, 0.29) is 5.38 Å². The van der Waals surface area contributed by atoms with Crippen LogP contribution in [-0.2, 0) is 0 Å². The van der Waals surface area contributed by atoms with Gasteiger partial charge < -0.3 is 0 Å². The van der Waals surface area contributed by atoms with Crippen molar-refractivity contribution in [3.8, 4) is 11.1 Å². The third-order valence-electron chi connectivity index (χ3n) is 3.45. The standard InChI is InChI=1S/C18H15Cl/c1-13(19)17-8-4-5-9-18(17)16-11-10-14-6-2-3-7-15(14)12-16/h2-13H,1H3. The molecule has 0 bridgehead atoms. The third kappa shape index (κ3) is 2.36. The molecule has 1 heteroatoms. The Morgan fingerprint density at radius 3 is 2.26 bits per heavy atom. The summed E-state index contributed by atoms with van der Waals surface area (Å²) in [5.41, 5.74) is 3.62. The Morgan fingerprint density at radius 2 is 1.47 bits per heavy atom. The number of hydrogen-bond donors (Lipinski definition) is 0. The molecule has 3 aromatic rings. The van der Waals surface area contributed by atoms with Crippen molar-refractivity contribution in [3.63, 3.8) is 0 Å². The first-order chi connectivity index (χ1) is 9.25. The second kappa shape index (κ2) is 5.07. The normalized spacial score (nSPS) is 12.5. The largest absolute Gasteiger partial charge is 0.118 e. The molecule has 0 aliphatic heterocycles. The first kappa shape index (κ1) is 12.3. The van der Waals surface area contributed by atoms with E-state index in [9.17, 15) is 0 Å². The lowest BCUT2D eigenvalue weighted by molar-refractivity contribution is 1.09. The van der Waals surface area contributed by atoms with Crippen molar-refractivity contribution in [2.45, 2.75) is 12.3 Å². The molecular weight excluding hydrogens is 252 g/mol. The molecule has 0 saturated carbocycles. The van der Waals surface area contributed by atoms with E-state index in [0.29, 0.717) is 0 Å². The van der Waals surface area contributed by atoms with E-state index in [2.05, 4.69) is 60.7 Å². The molecule has 0 aliphatic rings. The average molecular weight is 267 g/mol. The minimum absolute atomic E-state index is 0.0164. The summed E-state index contributed by atoms with van der Waals surface area (Å²) < 4.78 is 0. The molecule has 1 atom stereocenters. The highest BCUT2D eigenvalue weighted by molar-refractivity contribution is 6.21. The fraction of sp³-hybridized carbons (Fsp3) is 0.111. The minimum atomic E-state index is 0.0164. The second-order valence-electron chi connectivity index (χ2n) is 4.77. The molecule has 0 aliphatic carbocycles. The molecular formula is C18H15Cl. The zero-order valence-electron chi connectivity index (χ0n) is 10.8. The number of benzene rings is 3. The van der Waals surface area contributed by atoms with Gasteiger partial charge in [-0.25, -0.2) is 0 Å². The molecule has 1 unspecified atom stereocenters. The molecule has 0 aromatic heterocycles. The van der Waals surface area contributed by atoms with Gasteiger partial charge in [0.2, 0.25) is 0 Å². The molecule has 3 rings (SSSR count). The van der Waals surface area contributed by atoms with Gasteiger partial charge in [-0.15, -0.1) is 11.6 Å². The molecule has 19 heavy (non-hydrogen) atoms. The Balaban J connectivity index is 2.19. The SMILES string of the molecule is CC(Cl)c1ccccc1-c1ccc2ccccc2c1. The Morgan fingerprint density at radius 1 is 0.789 bits per heavy atom. The summed E-state index contributed by atoms with van der Waals surface area (Å²) in [5.74, 6) is 0. The Hall–Kier alpha value is -1.79. The van der Waals surface area contributed by atoms with Gasteiger partial charge in [0, 0.05) is 0 Å². The van der Waals surface area contributed by atoms with Crippen molar-refractivity contribution in [1.82, 2.24) is 0 Å². The van der Waals surface area contributed by atoms with Crippen LogP contribution < -0.4 is 0 Å². The van der Waals surface area contributed by atoms with Crippen molar-refractivity contribution in [3.05, 3.63) is 72.3 Å². The summed E-state index contributed by atoms with van der Waals surface area (Å²) in [6.07, 6.45) is 0. The fourth-order valence-corrected chi connectivity index (χ4v) is 2.65. The van der Waals surface area contributed by atoms with Gasteiger partial charge >= 0.3 is 0 Å². The summed E-state index contributed by atoms with van der Waals surface area (Å²) in [4.78, 5) is 0. The minimum Gasteiger partial charge on any atom is -0.118 e. The number of fused-ring (bicyclic) bond motifs is 1. The average Bonchev–Trinajstić information content (AvgIpc) is 2.46. The van der Waals surface area contributed by atoms with Gasteiger partial charge in [-0.2, -0.15) is 0 Å². The van der Waals surface area contributed by atoms with Crippen LogP contribution in [0.1, 0.15) is 17.9 Å². The molecule has 94 valence electrons. The van der Waals surface area contributed by atoms with Crippen molar-refractivity contribution >= 4 is 22.4 Å². The number of hydrogen-bond acceptors (Lipinski definition) is 0. The maximum atomic E-state index is 6.28. The van der Waals surface area contributed by atoms with E-state index in [1.54, 1.807) is 0 Å². The van der Waals surface area contributed by atoms with Crippen LogP contribution in [0.15, 0.2) is 66.7 Å². The van der Waals surface area contributed by atoms with Gasteiger partial charge in [-0.05, 0) is 40.5 Å². The molecule has 0 heterocycles. The predicted octanol–water partition coefficient (Wildman–Crippen LogP) is 5.81. The lowest BCUT2D eigenvalue weighted by Crippen LogP contribution is -1.90. The first-order valence-electron chi connectivity index (χ1n) is 6.48. The highest BCUT2D eigenvalue weighted by Crippen LogP contribution is 2.32. The van der Waals surface area contributed by atoms with Crippen LogP contribution in [0.3, 0.4) is 0 Å². The van der Waals surface area contributed by atoms with Gasteiger partial charge in [0.25, 0.3) is 0 Å². The Labute approximate surface area is 118 Å². The highest BCUT2D eigenvalue weighted by atomic mass is 35.5. The molecule has 0 N–H and O–H groups in total. The topological polar surface area (TPSA) is 0 Å². The zero-order valence-corrected chi connectivity index (χ0v) is 11.6. The quantitative estimate of drug-likeness (QED) is 0.514. The summed E-state index contributed by atoms with van der Waals surface area (Å²) in [6, 6.07) is 23.3. The summed E-state index contributed by atoms with van der Waals surface area (Å²) in [5, 5.41) is 2.54. The van der Waals surface area contributed by atoms with E-state index < -0.39 is 0 Å². The highest BCUT2D eigenvalue weighted by Gasteiger charge is 2.09. The fourth-order valence-electron chi connectivity index (χ4n) is 2.46. The third-order valence-corrected chi connectivity index (χ3v) is 3.68. The van der Waals surface area contributed by atoms with E-state index >= 15 is 0 Å². The van der Waals surface area contributed by atoms with E-state index in [1.165, 1.54) is 27.5 Å². The predicted molar refractivity (Wildman–Crippen MR) is 83.7 cm³/mol. The molecule has 0 saturated heterocycles. The van der Waals surface area contributed by atoms with Gasteiger partial charge in [-0.1, -0.05) is 60.7 Å². The van der Waals surface area contributed by atoms with Crippen molar-refractivity contribution < 1.29 is 0 Å². The molecule has 3 aromatic carbocycles. The van der Waals surface area contributed by atoms with E-state index in [1.807, 2.05) is 13.0 Å². The van der Waals surface area contributed by atoms with Gasteiger partial charge in [-0.3, -0.25) is 0 Å². The molecule has 0 radical (unpaired) electrons. The first-order valence-corrected chi connectivity index (χ1v) is 6.91. The van der Waals surface area contributed by atoms with Crippen molar-refractivity contribution in [2.24, 2.45) is 0 Å². The Bertz CT molecular complexity index is 713. The second-order valence-corrected chi connectivity index (χ2v) is 5.42. The van der Waals surface area contributed by atoms with Gasteiger partial charge in [0.05, 0.1) is 5.38 Å². The van der Waals surface area contributed by atoms with Crippen LogP contribution in [0.2, 0.25) is 0 Å².